The molecular weight excluding hydrogens is 378 g/mol. The number of nitrogens with one attached hydrogen (secondary N) is 3. The monoisotopic (exact) mass is 399 g/mol. The molecule has 0 bridgehead atoms. The molecule has 0 fully saturated rings. The molecule has 3 aromatic rings. The van der Waals surface area contributed by atoms with Gasteiger partial charge in [0.25, 0.3) is 10.0 Å². The van der Waals surface area contributed by atoms with E-state index in [4.69, 9.17) is 5.73 Å². The largest absolute Gasteiger partial charge is 0.348 e. The Labute approximate surface area is 163 Å². The van der Waals surface area contributed by atoms with E-state index in [1.807, 2.05) is 6.92 Å². The van der Waals surface area contributed by atoms with Crippen LogP contribution in [0.15, 0.2) is 66.0 Å². The summed E-state index contributed by atoms with van der Waals surface area (Å²) in [6.07, 6.45) is 3.44. The van der Waals surface area contributed by atoms with E-state index in [2.05, 4.69) is 20.0 Å². The molecule has 0 unspecified atom stereocenters. The number of anilines is 2. The first-order chi connectivity index (χ1) is 13.3. The van der Waals surface area contributed by atoms with Crippen LogP contribution in [0.5, 0.6) is 0 Å². The molecule has 9 heteroatoms. The lowest BCUT2D eigenvalue weighted by Crippen LogP contribution is -2.37. The smallest absolute Gasteiger partial charge is 0.261 e. The van der Waals surface area contributed by atoms with E-state index in [9.17, 15) is 13.2 Å². The first-order valence-corrected chi connectivity index (χ1v) is 10.1. The second-order valence-corrected chi connectivity index (χ2v) is 8.01. The van der Waals surface area contributed by atoms with Gasteiger partial charge in [0.2, 0.25) is 5.91 Å². The van der Waals surface area contributed by atoms with Crippen LogP contribution in [0.25, 0.3) is 0 Å². The minimum absolute atomic E-state index is 0.155. The van der Waals surface area contributed by atoms with E-state index in [-0.39, 0.29) is 10.8 Å². The van der Waals surface area contributed by atoms with Crippen molar-refractivity contribution in [1.29, 1.82) is 0 Å². The third-order valence-electron chi connectivity index (χ3n) is 4.13. The summed E-state index contributed by atoms with van der Waals surface area (Å²) in [6.45, 7) is 1.81. The van der Waals surface area contributed by atoms with Crippen LogP contribution in [0, 0.1) is 6.92 Å². The van der Waals surface area contributed by atoms with Crippen LogP contribution in [-0.4, -0.2) is 30.3 Å². The first-order valence-electron chi connectivity index (χ1n) is 8.57. The van der Waals surface area contributed by atoms with Gasteiger partial charge in [-0.1, -0.05) is 24.3 Å². The first kappa shape index (κ1) is 19.6. The Bertz CT molecular complexity index is 1050. The van der Waals surface area contributed by atoms with Gasteiger partial charge in [0, 0.05) is 24.0 Å². The molecule has 146 valence electrons. The molecule has 0 aliphatic rings. The number of imidazole rings is 1. The number of H-pyrrole nitrogens is 1. The number of nitrogens with zero attached hydrogens (tertiary/aromatic N) is 1. The number of aryl methyl sites for hydroxylation is 1. The van der Waals surface area contributed by atoms with Crippen molar-refractivity contribution in [3.8, 4) is 0 Å². The summed E-state index contributed by atoms with van der Waals surface area (Å²) in [5, 5.41) is 2.76. The topological polar surface area (TPSA) is 130 Å². The third kappa shape index (κ3) is 4.76. The zero-order valence-corrected chi connectivity index (χ0v) is 16.0. The second kappa shape index (κ2) is 8.24. The molecule has 3 rings (SSSR count). The summed E-state index contributed by atoms with van der Waals surface area (Å²) in [5.74, 6) is -0.374. The molecule has 28 heavy (non-hydrogen) atoms. The van der Waals surface area contributed by atoms with Gasteiger partial charge < -0.3 is 16.0 Å². The Hall–Kier alpha value is -3.17. The third-order valence-corrected chi connectivity index (χ3v) is 5.53. The maximum absolute atomic E-state index is 12.5. The number of aromatic amines is 1. The van der Waals surface area contributed by atoms with Crippen LogP contribution in [0.1, 0.15) is 11.3 Å². The summed E-state index contributed by atoms with van der Waals surface area (Å²) < 4.78 is 27.5. The predicted molar refractivity (Wildman–Crippen MR) is 107 cm³/mol. The number of hydrogen-bond donors (Lipinski definition) is 4. The zero-order valence-electron chi connectivity index (χ0n) is 15.2. The number of sulfonamides is 1. The molecule has 8 nitrogen and oxygen atoms in total. The van der Waals surface area contributed by atoms with Gasteiger partial charge in [0.15, 0.2) is 0 Å². The zero-order chi connectivity index (χ0) is 20.1. The average Bonchev–Trinajstić information content (AvgIpc) is 3.18. The molecule has 2 aromatic carbocycles. The Morgan fingerprint density at radius 1 is 1.21 bits per heavy atom. The van der Waals surface area contributed by atoms with E-state index < -0.39 is 16.1 Å². The lowest BCUT2D eigenvalue weighted by molar-refractivity contribution is -0.117. The van der Waals surface area contributed by atoms with Crippen LogP contribution in [0.3, 0.4) is 0 Å². The van der Waals surface area contributed by atoms with Gasteiger partial charge in [-0.25, -0.2) is 13.4 Å². The van der Waals surface area contributed by atoms with Crippen molar-refractivity contribution in [3.05, 3.63) is 72.3 Å². The SMILES string of the molecule is Cc1ccc(NS(=O)(=O)c2ccccc2)cc1NC(=O)[C@@H](N)Cc1cnc[nH]1. The molecule has 0 saturated heterocycles. The van der Waals surface area contributed by atoms with E-state index >= 15 is 0 Å². The highest BCUT2D eigenvalue weighted by Gasteiger charge is 2.17. The average molecular weight is 399 g/mol. The number of nitrogens with two attached hydrogens (primary N) is 1. The molecule has 1 atom stereocenters. The van der Waals surface area contributed by atoms with Gasteiger partial charge in [-0.2, -0.15) is 0 Å². The maximum Gasteiger partial charge on any atom is 0.261 e. The Balaban J connectivity index is 1.73. The summed E-state index contributed by atoms with van der Waals surface area (Å²) in [7, 11) is -3.72. The van der Waals surface area contributed by atoms with Gasteiger partial charge >= 0.3 is 0 Å². The molecule has 1 heterocycles. The fraction of sp³-hybridized carbons (Fsp3) is 0.158. The number of benzene rings is 2. The number of aromatic nitrogens is 2. The van der Waals surface area contributed by atoms with Gasteiger partial charge in [0.1, 0.15) is 0 Å². The minimum Gasteiger partial charge on any atom is -0.348 e. The van der Waals surface area contributed by atoms with Crippen molar-refractivity contribution in [2.75, 3.05) is 10.0 Å². The normalized spacial score (nSPS) is 12.4. The maximum atomic E-state index is 12.5. The quantitative estimate of drug-likeness (QED) is 0.483. The van der Waals surface area contributed by atoms with Crippen molar-refractivity contribution in [2.24, 2.45) is 5.73 Å². The van der Waals surface area contributed by atoms with Gasteiger partial charge in [-0.3, -0.25) is 9.52 Å². The van der Waals surface area contributed by atoms with Gasteiger partial charge in [-0.05, 0) is 36.8 Å². The highest BCUT2D eigenvalue weighted by molar-refractivity contribution is 7.92. The Morgan fingerprint density at radius 3 is 2.64 bits per heavy atom. The van der Waals surface area contributed by atoms with Crippen LogP contribution in [-0.2, 0) is 21.2 Å². The molecule has 1 aromatic heterocycles. The lowest BCUT2D eigenvalue weighted by Gasteiger charge is -2.15. The van der Waals surface area contributed by atoms with Gasteiger partial charge in [-0.15, -0.1) is 0 Å². The molecule has 1 amide bonds. The van der Waals surface area contributed by atoms with Crippen molar-refractivity contribution in [2.45, 2.75) is 24.3 Å². The standard InChI is InChI=1S/C19H21N5O3S/c1-13-7-8-14(24-28(26,27)16-5-3-2-4-6-16)10-18(13)23-19(25)17(20)9-15-11-21-12-22-15/h2-8,10-12,17,24H,9,20H2,1H3,(H,21,22)(H,23,25)/t17-/m0/s1. The highest BCUT2D eigenvalue weighted by Crippen LogP contribution is 2.23. The molecule has 0 aliphatic carbocycles. The van der Waals surface area contributed by atoms with Crippen molar-refractivity contribution in [3.63, 3.8) is 0 Å². The Kier molecular flexibility index (Phi) is 5.76. The fourth-order valence-electron chi connectivity index (χ4n) is 2.59. The van der Waals surface area contributed by atoms with Crippen molar-refractivity contribution < 1.29 is 13.2 Å². The minimum atomic E-state index is -3.72. The van der Waals surface area contributed by atoms with Gasteiger partial charge in [0.05, 0.1) is 23.0 Å². The molecule has 0 radical (unpaired) electrons. The molecule has 0 saturated carbocycles. The molecule has 5 N–H and O–H groups in total. The molecular formula is C19H21N5O3S. The van der Waals surface area contributed by atoms with Crippen LogP contribution >= 0.6 is 0 Å². The predicted octanol–water partition coefficient (Wildman–Crippen LogP) is 2.03. The summed E-state index contributed by atoms with van der Waals surface area (Å²) in [4.78, 5) is 19.4. The number of carbonyl (C=O) groups is 1. The van der Waals surface area contributed by atoms with Crippen LogP contribution < -0.4 is 15.8 Å². The number of hydrogen-bond acceptors (Lipinski definition) is 5. The molecule has 0 spiro atoms. The fourth-order valence-corrected chi connectivity index (χ4v) is 3.66. The molecule has 0 aliphatic heterocycles. The van der Waals surface area contributed by atoms with Crippen LogP contribution in [0.4, 0.5) is 11.4 Å². The van der Waals surface area contributed by atoms with Crippen molar-refractivity contribution in [1.82, 2.24) is 9.97 Å². The summed E-state index contributed by atoms with van der Waals surface area (Å²) in [6, 6.07) is 12.2. The van der Waals surface area contributed by atoms with E-state index in [0.29, 0.717) is 17.8 Å². The van der Waals surface area contributed by atoms with E-state index in [0.717, 1.165) is 11.3 Å². The van der Waals surface area contributed by atoms with E-state index in [1.54, 1.807) is 42.6 Å². The summed E-state index contributed by atoms with van der Waals surface area (Å²) >= 11 is 0. The van der Waals surface area contributed by atoms with Crippen LogP contribution in [0.2, 0.25) is 0 Å². The second-order valence-electron chi connectivity index (χ2n) is 6.32. The lowest BCUT2D eigenvalue weighted by atomic mass is 10.1. The number of rotatable bonds is 7. The summed E-state index contributed by atoms with van der Waals surface area (Å²) in [5.41, 5.74) is 8.31. The highest BCUT2D eigenvalue weighted by atomic mass is 32.2. The Morgan fingerprint density at radius 2 is 1.96 bits per heavy atom. The number of carbonyl (C=O) groups excluding carboxylic acids is 1. The van der Waals surface area contributed by atoms with E-state index in [1.165, 1.54) is 18.5 Å². The number of amides is 1. The van der Waals surface area contributed by atoms with Crippen molar-refractivity contribution >= 4 is 27.3 Å².